The fourth-order valence-electron chi connectivity index (χ4n) is 2.50. The molecule has 7 heteroatoms. The molecule has 4 rings (SSSR count). The van der Waals surface area contributed by atoms with E-state index in [0.29, 0.717) is 30.4 Å². The third-order valence-electron chi connectivity index (χ3n) is 3.75. The van der Waals surface area contributed by atoms with Crippen molar-refractivity contribution in [2.75, 3.05) is 6.79 Å². The Morgan fingerprint density at radius 1 is 1.00 bits per heavy atom. The minimum atomic E-state index is -0.413. The summed E-state index contributed by atoms with van der Waals surface area (Å²) in [5.41, 5.74) is 1.93. The fraction of sp³-hybridized carbons (Fsp3) is 0.167. The molecule has 126 valence electrons. The van der Waals surface area contributed by atoms with Crippen molar-refractivity contribution in [3.63, 3.8) is 0 Å². The zero-order valence-electron chi connectivity index (χ0n) is 13.3. The Hall–Kier alpha value is -3.35. The molecule has 0 aliphatic carbocycles. The molecule has 0 radical (unpaired) electrons. The van der Waals surface area contributed by atoms with Crippen molar-refractivity contribution in [2.45, 2.75) is 13.0 Å². The summed E-state index contributed by atoms with van der Waals surface area (Å²) in [4.78, 5) is 12.2. The number of benzene rings is 2. The number of rotatable bonds is 5. The summed E-state index contributed by atoms with van der Waals surface area (Å²) in [6.07, 6.45) is 0.489. The van der Waals surface area contributed by atoms with Gasteiger partial charge < -0.3 is 19.2 Å². The lowest BCUT2D eigenvalue weighted by Crippen LogP contribution is -2.23. The second-order valence-electron chi connectivity index (χ2n) is 5.53. The van der Waals surface area contributed by atoms with Gasteiger partial charge in [-0.2, -0.15) is 0 Å². The van der Waals surface area contributed by atoms with E-state index in [2.05, 4.69) is 15.5 Å². The lowest BCUT2D eigenvalue weighted by atomic mass is 10.2. The Balaban J connectivity index is 1.37. The Morgan fingerprint density at radius 2 is 1.84 bits per heavy atom. The molecule has 0 saturated carbocycles. The fourth-order valence-corrected chi connectivity index (χ4v) is 2.50. The Kier molecular flexibility index (Phi) is 4.04. The summed E-state index contributed by atoms with van der Waals surface area (Å²) in [7, 11) is 0. The molecule has 1 aliphatic rings. The van der Waals surface area contributed by atoms with Crippen LogP contribution in [-0.4, -0.2) is 22.9 Å². The molecule has 1 aromatic heterocycles. The van der Waals surface area contributed by atoms with Crippen molar-refractivity contribution in [2.24, 2.45) is 0 Å². The molecule has 0 atom stereocenters. The van der Waals surface area contributed by atoms with Gasteiger partial charge in [-0.15, -0.1) is 10.2 Å². The molecule has 2 heterocycles. The van der Waals surface area contributed by atoms with Crippen LogP contribution in [0.15, 0.2) is 52.9 Å². The average Bonchev–Trinajstić information content (AvgIpc) is 3.29. The van der Waals surface area contributed by atoms with E-state index in [4.69, 9.17) is 13.9 Å². The maximum atomic E-state index is 12.2. The van der Waals surface area contributed by atoms with Gasteiger partial charge in [0, 0.05) is 6.54 Å². The maximum Gasteiger partial charge on any atom is 0.309 e. The van der Waals surface area contributed by atoms with E-state index < -0.39 is 5.91 Å². The van der Waals surface area contributed by atoms with Crippen LogP contribution in [0.4, 0.5) is 0 Å². The van der Waals surface area contributed by atoms with Crippen LogP contribution in [-0.2, 0) is 13.0 Å². The Labute approximate surface area is 143 Å². The van der Waals surface area contributed by atoms with Crippen LogP contribution < -0.4 is 14.8 Å². The topological polar surface area (TPSA) is 86.5 Å². The van der Waals surface area contributed by atoms with E-state index in [1.807, 2.05) is 48.5 Å². The molecule has 7 nitrogen and oxygen atoms in total. The smallest absolute Gasteiger partial charge is 0.309 e. The third-order valence-corrected chi connectivity index (χ3v) is 3.75. The first-order valence-corrected chi connectivity index (χ1v) is 7.81. The van der Waals surface area contributed by atoms with Gasteiger partial charge in [0.05, 0.1) is 6.42 Å². The molecule has 0 unspecified atom stereocenters. The van der Waals surface area contributed by atoms with Gasteiger partial charge in [-0.25, -0.2) is 0 Å². The van der Waals surface area contributed by atoms with Gasteiger partial charge >= 0.3 is 11.8 Å². The predicted molar refractivity (Wildman–Crippen MR) is 87.3 cm³/mol. The molecular formula is C18H15N3O4. The standard InChI is InChI=1S/C18H15N3O4/c22-17(19-10-13-6-7-14-15(8-13)24-11-23-14)18-21-20-16(25-18)9-12-4-2-1-3-5-12/h1-8H,9-11H2,(H,19,22). The van der Waals surface area contributed by atoms with Gasteiger partial charge in [0.15, 0.2) is 11.5 Å². The normalized spacial score (nSPS) is 12.2. The lowest BCUT2D eigenvalue weighted by Gasteiger charge is -2.04. The van der Waals surface area contributed by atoms with Crippen LogP contribution in [0.1, 0.15) is 27.7 Å². The van der Waals surface area contributed by atoms with Crippen molar-refractivity contribution in [1.82, 2.24) is 15.5 Å². The first-order valence-electron chi connectivity index (χ1n) is 7.81. The van der Waals surface area contributed by atoms with Gasteiger partial charge in [-0.3, -0.25) is 4.79 Å². The molecule has 1 N–H and O–H groups in total. The molecule has 1 aliphatic heterocycles. The highest BCUT2D eigenvalue weighted by molar-refractivity contribution is 5.89. The van der Waals surface area contributed by atoms with Gasteiger partial charge in [0.2, 0.25) is 12.7 Å². The predicted octanol–water partition coefficient (Wildman–Crippen LogP) is 2.32. The van der Waals surface area contributed by atoms with Gasteiger partial charge in [-0.1, -0.05) is 36.4 Å². The SMILES string of the molecule is O=C(NCc1ccc2c(c1)OCO2)c1nnc(Cc2ccccc2)o1. The van der Waals surface area contributed by atoms with Crippen molar-refractivity contribution in [1.29, 1.82) is 0 Å². The number of hydrogen-bond donors (Lipinski definition) is 1. The second kappa shape index (κ2) is 6.64. The molecule has 0 fully saturated rings. The van der Waals surface area contributed by atoms with E-state index in [1.54, 1.807) is 0 Å². The van der Waals surface area contributed by atoms with Crippen LogP contribution in [0, 0.1) is 0 Å². The maximum absolute atomic E-state index is 12.2. The zero-order valence-corrected chi connectivity index (χ0v) is 13.3. The van der Waals surface area contributed by atoms with Crippen molar-refractivity contribution < 1.29 is 18.7 Å². The van der Waals surface area contributed by atoms with Crippen molar-refractivity contribution in [3.8, 4) is 11.5 Å². The number of aromatic nitrogens is 2. The highest BCUT2D eigenvalue weighted by atomic mass is 16.7. The Morgan fingerprint density at radius 3 is 2.72 bits per heavy atom. The number of amides is 1. The van der Waals surface area contributed by atoms with Gasteiger partial charge in [0.1, 0.15) is 0 Å². The summed E-state index contributed by atoms with van der Waals surface area (Å²) < 4.78 is 16.0. The van der Waals surface area contributed by atoms with E-state index >= 15 is 0 Å². The first kappa shape index (κ1) is 15.2. The average molecular weight is 337 g/mol. The second-order valence-corrected chi connectivity index (χ2v) is 5.53. The molecule has 3 aromatic rings. The summed E-state index contributed by atoms with van der Waals surface area (Å²) in [6, 6.07) is 15.2. The number of nitrogens with zero attached hydrogens (tertiary/aromatic N) is 2. The van der Waals surface area contributed by atoms with E-state index in [9.17, 15) is 4.79 Å². The largest absolute Gasteiger partial charge is 0.454 e. The summed E-state index contributed by atoms with van der Waals surface area (Å²) >= 11 is 0. The minimum absolute atomic E-state index is 0.0494. The molecule has 1 amide bonds. The van der Waals surface area contributed by atoms with Gasteiger partial charge in [0.25, 0.3) is 0 Å². The Bertz CT molecular complexity index is 892. The van der Waals surface area contributed by atoms with Crippen LogP contribution >= 0.6 is 0 Å². The molecule has 2 aromatic carbocycles. The van der Waals surface area contributed by atoms with Gasteiger partial charge in [-0.05, 0) is 23.3 Å². The summed E-state index contributed by atoms with van der Waals surface area (Å²) in [5.74, 6) is 1.32. The molecule has 0 bridgehead atoms. The van der Waals surface area contributed by atoms with Crippen LogP contribution in [0.25, 0.3) is 0 Å². The first-order chi connectivity index (χ1) is 12.3. The number of carbonyl (C=O) groups is 1. The lowest BCUT2D eigenvalue weighted by molar-refractivity contribution is 0.0914. The van der Waals surface area contributed by atoms with Crippen molar-refractivity contribution in [3.05, 3.63) is 71.4 Å². The van der Waals surface area contributed by atoms with E-state index in [0.717, 1.165) is 11.1 Å². The number of nitrogens with one attached hydrogen (secondary N) is 1. The third kappa shape index (κ3) is 3.45. The minimum Gasteiger partial charge on any atom is -0.454 e. The summed E-state index contributed by atoms with van der Waals surface area (Å²) in [6.45, 7) is 0.545. The molecule has 0 spiro atoms. The number of hydrogen-bond acceptors (Lipinski definition) is 6. The van der Waals surface area contributed by atoms with Crippen LogP contribution in [0.5, 0.6) is 11.5 Å². The zero-order chi connectivity index (χ0) is 17.1. The number of ether oxygens (including phenoxy) is 2. The molecule has 25 heavy (non-hydrogen) atoms. The molecule has 0 saturated heterocycles. The number of fused-ring (bicyclic) bond motifs is 1. The van der Waals surface area contributed by atoms with E-state index in [1.165, 1.54) is 0 Å². The monoisotopic (exact) mass is 337 g/mol. The van der Waals surface area contributed by atoms with Crippen LogP contribution in [0.3, 0.4) is 0 Å². The number of carbonyl (C=O) groups excluding carboxylic acids is 1. The quantitative estimate of drug-likeness (QED) is 0.769. The van der Waals surface area contributed by atoms with E-state index in [-0.39, 0.29) is 12.7 Å². The summed E-state index contributed by atoms with van der Waals surface area (Å²) in [5, 5.41) is 10.5. The molecular weight excluding hydrogens is 322 g/mol. The highest BCUT2D eigenvalue weighted by Gasteiger charge is 2.16. The highest BCUT2D eigenvalue weighted by Crippen LogP contribution is 2.32. The van der Waals surface area contributed by atoms with Crippen LogP contribution in [0.2, 0.25) is 0 Å². The van der Waals surface area contributed by atoms with Crippen molar-refractivity contribution >= 4 is 5.91 Å².